The van der Waals surface area contributed by atoms with Crippen molar-refractivity contribution in [3.8, 4) is 0 Å². The first-order valence-electron chi connectivity index (χ1n) is 4.83. The average Bonchev–Trinajstić information content (AvgIpc) is 2.21. The van der Waals surface area contributed by atoms with Crippen LogP contribution in [0.15, 0.2) is 30.3 Å². The van der Waals surface area contributed by atoms with E-state index in [1.807, 2.05) is 6.07 Å². The van der Waals surface area contributed by atoms with Crippen molar-refractivity contribution in [2.24, 2.45) is 0 Å². The van der Waals surface area contributed by atoms with Crippen LogP contribution in [0.2, 0.25) is 0 Å². The Morgan fingerprint density at radius 2 is 1.54 bits per heavy atom. The van der Waals surface area contributed by atoms with Gasteiger partial charge in [-0.05, 0) is 12.1 Å². The molecule has 0 aliphatic carbocycles. The summed E-state index contributed by atoms with van der Waals surface area (Å²) in [6.45, 7) is 6.43. The molecule has 1 aromatic rings. The Bertz CT molecular complexity index is 229. The molecular formula is C11H18N2. The van der Waals surface area contributed by atoms with Gasteiger partial charge in [0.05, 0.1) is 5.69 Å². The van der Waals surface area contributed by atoms with Gasteiger partial charge in [-0.1, -0.05) is 32.0 Å². The molecule has 0 unspecified atom stereocenters. The molecule has 0 saturated heterocycles. The molecular weight excluding hydrogens is 160 g/mol. The Morgan fingerprint density at radius 1 is 1.00 bits per heavy atom. The Labute approximate surface area is 80.7 Å². The lowest BCUT2D eigenvalue weighted by Gasteiger charge is -2.31. The molecule has 0 aliphatic heterocycles. The van der Waals surface area contributed by atoms with Crippen LogP contribution >= 0.6 is 0 Å². The molecule has 0 N–H and O–H groups in total. The third-order valence-electron chi connectivity index (χ3n) is 2.28. The van der Waals surface area contributed by atoms with Gasteiger partial charge in [0.25, 0.3) is 0 Å². The molecule has 1 rings (SSSR count). The number of hydrogen-bond donors (Lipinski definition) is 0. The van der Waals surface area contributed by atoms with Crippen LogP contribution in [-0.2, 0) is 0 Å². The Hall–Kier alpha value is -1.02. The fraction of sp³-hybridized carbons (Fsp3) is 0.455. The zero-order valence-corrected chi connectivity index (χ0v) is 8.70. The molecule has 0 fully saturated rings. The van der Waals surface area contributed by atoms with E-state index in [1.54, 1.807) is 0 Å². The van der Waals surface area contributed by atoms with Gasteiger partial charge >= 0.3 is 0 Å². The molecule has 2 nitrogen and oxygen atoms in total. The van der Waals surface area contributed by atoms with E-state index in [1.165, 1.54) is 5.69 Å². The van der Waals surface area contributed by atoms with Gasteiger partial charge in [-0.3, -0.25) is 0 Å². The minimum atomic E-state index is 1.04. The molecule has 0 heterocycles. The number of rotatable bonds is 4. The number of benzene rings is 1. The van der Waals surface area contributed by atoms with Crippen molar-refractivity contribution < 1.29 is 0 Å². The lowest BCUT2D eigenvalue weighted by molar-refractivity contribution is 0.294. The second kappa shape index (κ2) is 4.87. The summed E-state index contributed by atoms with van der Waals surface area (Å²) < 4.78 is 0. The third-order valence-corrected chi connectivity index (χ3v) is 2.28. The maximum Gasteiger partial charge on any atom is 0.0518 e. The minimum absolute atomic E-state index is 1.04. The highest BCUT2D eigenvalue weighted by molar-refractivity contribution is 5.43. The first kappa shape index (κ1) is 10.1. The van der Waals surface area contributed by atoms with Crippen molar-refractivity contribution in [2.45, 2.75) is 13.8 Å². The van der Waals surface area contributed by atoms with Crippen molar-refractivity contribution in [1.82, 2.24) is 5.01 Å². The van der Waals surface area contributed by atoms with E-state index in [0.717, 1.165) is 13.1 Å². The summed E-state index contributed by atoms with van der Waals surface area (Å²) in [5.41, 5.74) is 1.24. The second-order valence-corrected chi connectivity index (χ2v) is 3.00. The summed E-state index contributed by atoms with van der Waals surface area (Å²) in [5, 5.41) is 4.48. The SMILES string of the molecule is CCN(CC)N(C)c1ccccc1. The van der Waals surface area contributed by atoms with Gasteiger partial charge in [0, 0.05) is 20.1 Å². The van der Waals surface area contributed by atoms with Crippen LogP contribution in [0.1, 0.15) is 13.8 Å². The van der Waals surface area contributed by atoms with Crippen LogP contribution < -0.4 is 5.01 Å². The molecule has 0 atom stereocenters. The van der Waals surface area contributed by atoms with E-state index in [-0.39, 0.29) is 0 Å². The van der Waals surface area contributed by atoms with Gasteiger partial charge in [0.15, 0.2) is 0 Å². The average molecular weight is 178 g/mol. The number of para-hydroxylation sites is 1. The Morgan fingerprint density at radius 3 is 2.00 bits per heavy atom. The van der Waals surface area contributed by atoms with Crippen LogP contribution in [0, 0.1) is 0 Å². The molecule has 0 spiro atoms. The highest BCUT2D eigenvalue weighted by atomic mass is 15.6. The van der Waals surface area contributed by atoms with Crippen molar-refractivity contribution in [3.05, 3.63) is 30.3 Å². The molecule has 0 radical (unpaired) electrons. The van der Waals surface area contributed by atoms with Crippen LogP contribution in [0.5, 0.6) is 0 Å². The molecule has 0 aromatic heterocycles. The summed E-state index contributed by atoms with van der Waals surface area (Å²) in [5.74, 6) is 0. The van der Waals surface area contributed by atoms with Crippen LogP contribution in [0.25, 0.3) is 0 Å². The van der Waals surface area contributed by atoms with Gasteiger partial charge < -0.3 is 5.01 Å². The predicted octanol–water partition coefficient (Wildman–Crippen LogP) is 2.38. The zero-order chi connectivity index (χ0) is 9.68. The normalized spacial score (nSPS) is 10.5. The molecule has 0 saturated carbocycles. The molecule has 1 aromatic carbocycles. The molecule has 72 valence electrons. The molecule has 0 bridgehead atoms. The fourth-order valence-electron chi connectivity index (χ4n) is 1.45. The van der Waals surface area contributed by atoms with E-state index in [4.69, 9.17) is 0 Å². The number of hydrogen-bond acceptors (Lipinski definition) is 2. The zero-order valence-electron chi connectivity index (χ0n) is 8.70. The lowest BCUT2D eigenvalue weighted by Crippen LogP contribution is -2.39. The lowest BCUT2D eigenvalue weighted by atomic mass is 10.3. The van der Waals surface area contributed by atoms with E-state index in [9.17, 15) is 0 Å². The van der Waals surface area contributed by atoms with Gasteiger partial charge in [0.2, 0.25) is 0 Å². The maximum absolute atomic E-state index is 2.29. The van der Waals surface area contributed by atoms with Gasteiger partial charge in [-0.25, -0.2) is 5.01 Å². The quantitative estimate of drug-likeness (QED) is 0.653. The highest BCUT2D eigenvalue weighted by Crippen LogP contribution is 2.12. The monoisotopic (exact) mass is 178 g/mol. The Kier molecular flexibility index (Phi) is 3.77. The van der Waals surface area contributed by atoms with E-state index in [2.05, 4.69) is 55.2 Å². The molecule has 0 amide bonds. The van der Waals surface area contributed by atoms with Crippen molar-refractivity contribution in [1.29, 1.82) is 0 Å². The number of nitrogens with zero attached hydrogens (tertiary/aromatic N) is 2. The minimum Gasteiger partial charge on any atom is -0.309 e. The second-order valence-electron chi connectivity index (χ2n) is 3.00. The van der Waals surface area contributed by atoms with E-state index >= 15 is 0 Å². The Balaban J connectivity index is 2.72. The topological polar surface area (TPSA) is 6.48 Å². The largest absolute Gasteiger partial charge is 0.309 e. The van der Waals surface area contributed by atoms with Gasteiger partial charge in [-0.15, -0.1) is 0 Å². The summed E-state index contributed by atoms with van der Waals surface area (Å²) in [4.78, 5) is 0. The molecule has 2 heteroatoms. The molecule has 0 aliphatic rings. The summed E-state index contributed by atoms with van der Waals surface area (Å²) in [6.07, 6.45) is 0. The van der Waals surface area contributed by atoms with Crippen LogP contribution in [0.3, 0.4) is 0 Å². The van der Waals surface area contributed by atoms with Crippen LogP contribution in [0.4, 0.5) is 5.69 Å². The van der Waals surface area contributed by atoms with Crippen molar-refractivity contribution in [3.63, 3.8) is 0 Å². The van der Waals surface area contributed by atoms with E-state index < -0.39 is 0 Å². The van der Waals surface area contributed by atoms with Crippen LogP contribution in [-0.4, -0.2) is 25.1 Å². The maximum atomic E-state index is 2.29. The van der Waals surface area contributed by atoms with Crippen molar-refractivity contribution in [2.75, 3.05) is 25.1 Å². The number of hydrazine groups is 1. The highest BCUT2D eigenvalue weighted by Gasteiger charge is 2.05. The van der Waals surface area contributed by atoms with Gasteiger partial charge in [0.1, 0.15) is 0 Å². The van der Waals surface area contributed by atoms with E-state index in [0.29, 0.717) is 0 Å². The van der Waals surface area contributed by atoms with Gasteiger partial charge in [-0.2, -0.15) is 0 Å². The third kappa shape index (κ3) is 2.46. The smallest absolute Gasteiger partial charge is 0.0518 e. The summed E-state index contributed by atoms with van der Waals surface area (Å²) in [6, 6.07) is 10.4. The number of anilines is 1. The first-order chi connectivity index (χ1) is 6.29. The fourth-order valence-corrected chi connectivity index (χ4v) is 1.45. The summed E-state index contributed by atoms with van der Waals surface area (Å²) >= 11 is 0. The predicted molar refractivity (Wildman–Crippen MR) is 57.8 cm³/mol. The first-order valence-corrected chi connectivity index (χ1v) is 4.83. The summed E-state index contributed by atoms with van der Waals surface area (Å²) in [7, 11) is 2.10. The van der Waals surface area contributed by atoms with Crippen molar-refractivity contribution >= 4 is 5.69 Å². The standard InChI is InChI=1S/C11H18N2/c1-4-13(5-2)12(3)11-9-7-6-8-10-11/h6-10H,4-5H2,1-3H3. The molecule has 13 heavy (non-hydrogen) atoms.